The molecule has 28 heavy (non-hydrogen) atoms. The van der Waals surface area contributed by atoms with E-state index in [2.05, 4.69) is 44.4 Å². The zero-order valence-corrected chi connectivity index (χ0v) is 16.9. The van der Waals surface area contributed by atoms with E-state index in [1.807, 2.05) is 36.6 Å². The van der Waals surface area contributed by atoms with Gasteiger partial charge in [0.2, 0.25) is 5.95 Å². The Morgan fingerprint density at radius 3 is 2.57 bits per heavy atom. The van der Waals surface area contributed by atoms with Gasteiger partial charge in [-0.25, -0.2) is 4.98 Å². The van der Waals surface area contributed by atoms with Crippen LogP contribution in [0.4, 0.5) is 11.8 Å². The lowest BCUT2D eigenvalue weighted by Gasteiger charge is -2.22. The highest BCUT2D eigenvalue weighted by atomic mass is 16.3. The van der Waals surface area contributed by atoms with E-state index in [0.29, 0.717) is 24.7 Å². The van der Waals surface area contributed by atoms with Crippen molar-refractivity contribution >= 4 is 22.9 Å². The molecule has 0 saturated carbocycles. The van der Waals surface area contributed by atoms with E-state index in [1.54, 1.807) is 12.5 Å². The molecule has 0 amide bonds. The van der Waals surface area contributed by atoms with Gasteiger partial charge in [0.15, 0.2) is 17.0 Å². The van der Waals surface area contributed by atoms with Gasteiger partial charge in [-0.3, -0.25) is 4.98 Å². The lowest BCUT2D eigenvalue weighted by Crippen LogP contribution is -2.33. The zero-order chi connectivity index (χ0) is 20.1. The molecule has 0 aromatic carbocycles. The van der Waals surface area contributed by atoms with E-state index in [1.165, 1.54) is 0 Å². The standard InChI is InChI=1S/C20H29N7O/c1-5-15(16(28)6-2)24-20-25-18(22-11-14-9-7-8-10-21-14)17-19(26-20)27(12-23-17)13(3)4/h7-10,12-13,15-16,28H,5-6,11H2,1-4H3,(H2,22,24,25,26)/t15-,16?/m0/s1. The molecule has 3 aromatic rings. The molecule has 0 fully saturated rings. The van der Waals surface area contributed by atoms with E-state index in [0.717, 1.165) is 23.3 Å². The summed E-state index contributed by atoms with van der Waals surface area (Å²) in [5.74, 6) is 1.14. The smallest absolute Gasteiger partial charge is 0.227 e. The van der Waals surface area contributed by atoms with Crippen LogP contribution in [0.2, 0.25) is 0 Å². The Morgan fingerprint density at radius 2 is 1.93 bits per heavy atom. The molecule has 150 valence electrons. The van der Waals surface area contributed by atoms with Gasteiger partial charge < -0.3 is 20.3 Å². The van der Waals surface area contributed by atoms with Crippen molar-refractivity contribution in [3.8, 4) is 0 Å². The summed E-state index contributed by atoms with van der Waals surface area (Å²) in [5.41, 5.74) is 2.40. The van der Waals surface area contributed by atoms with Crippen molar-refractivity contribution in [2.45, 2.75) is 65.3 Å². The van der Waals surface area contributed by atoms with Crippen molar-refractivity contribution in [1.29, 1.82) is 0 Å². The van der Waals surface area contributed by atoms with Gasteiger partial charge in [0, 0.05) is 12.2 Å². The quantitative estimate of drug-likeness (QED) is 0.521. The van der Waals surface area contributed by atoms with E-state index in [4.69, 9.17) is 0 Å². The van der Waals surface area contributed by atoms with Crippen LogP contribution in [0.3, 0.4) is 0 Å². The predicted molar refractivity (Wildman–Crippen MR) is 111 cm³/mol. The first-order chi connectivity index (χ1) is 13.5. The fraction of sp³-hybridized carbons (Fsp3) is 0.500. The van der Waals surface area contributed by atoms with E-state index < -0.39 is 6.10 Å². The fourth-order valence-electron chi connectivity index (χ4n) is 3.08. The van der Waals surface area contributed by atoms with Crippen LogP contribution in [-0.4, -0.2) is 41.8 Å². The van der Waals surface area contributed by atoms with Crippen molar-refractivity contribution < 1.29 is 5.11 Å². The zero-order valence-electron chi connectivity index (χ0n) is 16.9. The Balaban J connectivity index is 1.95. The molecule has 0 radical (unpaired) electrons. The minimum absolute atomic E-state index is 0.110. The number of anilines is 2. The summed E-state index contributed by atoms with van der Waals surface area (Å²) >= 11 is 0. The lowest BCUT2D eigenvalue weighted by molar-refractivity contribution is 0.146. The van der Waals surface area contributed by atoms with Crippen LogP contribution in [-0.2, 0) is 6.54 Å². The lowest BCUT2D eigenvalue weighted by atomic mass is 10.1. The molecular weight excluding hydrogens is 354 g/mol. The first-order valence-corrected chi connectivity index (χ1v) is 9.86. The summed E-state index contributed by atoms with van der Waals surface area (Å²) < 4.78 is 2.02. The summed E-state index contributed by atoms with van der Waals surface area (Å²) in [5, 5.41) is 16.9. The van der Waals surface area contributed by atoms with Crippen LogP contribution in [0.15, 0.2) is 30.7 Å². The number of hydrogen-bond acceptors (Lipinski definition) is 7. The molecule has 0 saturated heterocycles. The monoisotopic (exact) mass is 383 g/mol. The largest absolute Gasteiger partial charge is 0.391 e. The molecule has 0 bridgehead atoms. The maximum atomic E-state index is 10.3. The van der Waals surface area contributed by atoms with Gasteiger partial charge in [0.05, 0.1) is 30.7 Å². The minimum atomic E-state index is -0.454. The number of aromatic nitrogens is 5. The molecular formula is C20H29N7O. The highest BCUT2D eigenvalue weighted by molar-refractivity contribution is 5.84. The molecule has 3 heterocycles. The van der Waals surface area contributed by atoms with Crippen molar-refractivity contribution in [2.75, 3.05) is 10.6 Å². The van der Waals surface area contributed by atoms with E-state index in [9.17, 15) is 5.11 Å². The van der Waals surface area contributed by atoms with Crippen LogP contribution in [0.1, 0.15) is 52.3 Å². The number of fused-ring (bicyclic) bond motifs is 1. The third-order valence-corrected chi connectivity index (χ3v) is 4.78. The van der Waals surface area contributed by atoms with Crippen LogP contribution in [0.25, 0.3) is 11.2 Å². The molecule has 0 aliphatic heterocycles. The number of pyridine rings is 1. The van der Waals surface area contributed by atoms with Crippen LogP contribution < -0.4 is 10.6 Å². The Labute approximate surface area is 165 Å². The Morgan fingerprint density at radius 1 is 1.11 bits per heavy atom. The maximum absolute atomic E-state index is 10.3. The molecule has 0 aliphatic carbocycles. The maximum Gasteiger partial charge on any atom is 0.227 e. The van der Waals surface area contributed by atoms with Gasteiger partial charge in [-0.15, -0.1) is 0 Å². The number of aliphatic hydroxyl groups is 1. The van der Waals surface area contributed by atoms with Gasteiger partial charge in [0.1, 0.15) is 0 Å². The molecule has 8 nitrogen and oxygen atoms in total. The van der Waals surface area contributed by atoms with Crippen molar-refractivity contribution in [2.24, 2.45) is 0 Å². The number of aliphatic hydroxyl groups excluding tert-OH is 1. The third-order valence-electron chi connectivity index (χ3n) is 4.78. The average molecular weight is 384 g/mol. The van der Waals surface area contributed by atoms with Gasteiger partial charge in [-0.1, -0.05) is 19.9 Å². The first-order valence-electron chi connectivity index (χ1n) is 9.86. The topological polar surface area (TPSA) is 101 Å². The van der Waals surface area contributed by atoms with Crippen molar-refractivity contribution in [1.82, 2.24) is 24.5 Å². The SMILES string of the molecule is CCC(O)[C@H](CC)Nc1nc(NCc2ccccn2)c2ncn(C(C)C)c2n1. The Hall–Kier alpha value is -2.74. The van der Waals surface area contributed by atoms with Crippen LogP contribution in [0.5, 0.6) is 0 Å². The summed E-state index contributed by atoms with van der Waals surface area (Å²) in [6.07, 6.45) is 4.55. The molecule has 8 heteroatoms. The first kappa shape index (κ1) is 20.0. The van der Waals surface area contributed by atoms with Gasteiger partial charge >= 0.3 is 0 Å². The van der Waals surface area contributed by atoms with Crippen LogP contribution in [0, 0.1) is 0 Å². The number of hydrogen-bond donors (Lipinski definition) is 3. The highest BCUT2D eigenvalue weighted by Crippen LogP contribution is 2.24. The molecule has 1 unspecified atom stereocenters. The molecule has 2 atom stereocenters. The van der Waals surface area contributed by atoms with Gasteiger partial charge in [-0.2, -0.15) is 9.97 Å². The summed E-state index contributed by atoms with van der Waals surface area (Å²) in [7, 11) is 0. The second-order valence-electron chi connectivity index (χ2n) is 7.12. The molecule has 3 rings (SSSR count). The number of nitrogens with zero attached hydrogens (tertiary/aromatic N) is 5. The molecule has 3 N–H and O–H groups in total. The Kier molecular flexibility index (Phi) is 6.41. The normalized spacial score (nSPS) is 13.6. The van der Waals surface area contributed by atoms with E-state index in [-0.39, 0.29) is 12.1 Å². The molecule has 3 aromatic heterocycles. The second-order valence-corrected chi connectivity index (χ2v) is 7.12. The minimum Gasteiger partial charge on any atom is -0.391 e. The van der Waals surface area contributed by atoms with Gasteiger partial charge in [-0.05, 0) is 38.8 Å². The van der Waals surface area contributed by atoms with Gasteiger partial charge in [0.25, 0.3) is 0 Å². The van der Waals surface area contributed by atoms with Crippen molar-refractivity contribution in [3.05, 3.63) is 36.4 Å². The third kappa shape index (κ3) is 4.39. The molecule has 0 spiro atoms. The average Bonchev–Trinajstić information content (AvgIpc) is 3.14. The summed E-state index contributed by atoms with van der Waals surface area (Å²) in [4.78, 5) is 18.2. The predicted octanol–water partition coefficient (Wildman–Crippen LogP) is 3.38. The second kappa shape index (κ2) is 8.97. The summed E-state index contributed by atoms with van der Waals surface area (Å²) in [6.45, 7) is 8.72. The Bertz CT molecular complexity index is 894. The number of imidazole rings is 1. The molecule has 0 aliphatic rings. The van der Waals surface area contributed by atoms with Crippen molar-refractivity contribution in [3.63, 3.8) is 0 Å². The summed E-state index contributed by atoms with van der Waals surface area (Å²) in [6, 6.07) is 5.92. The fourth-order valence-corrected chi connectivity index (χ4v) is 3.08. The number of rotatable bonds is 9. The highest BCUT2D eigenvalue weighted by Gasteiger charge is 2.19. The van der Waals surface area contributed by atoms with Crippen LogP contribution >= 0.6 is 0 Å². The van der Waals surface area contributed by atoms with E-state index >= 15 is 0 Å². The number of nitrogens with one attached hydrogen (secondary N) is 2.